The summed E-state index contributed by atoms with van der Waals surface area (Å²) in [5.74, 6) is 0.0508. The van der Waals surface area contributed by atoms with Gasteiger partial charge in [-0.1, -0.05) is 25.1 Å². The van der Waals surface area contributed by atoms with Gasteiger partial charge in [-0.15, -0.1) is 0 Å². The minimum absolute atomic E-state index is 0.106. The van der Waals surface area contributed by atoms with E-state index in [2.05, 4.69) is 11.9 Å². The molecule has 0 atom stereocenters. The summed E-state index contributed by atoms with van der Waals surface area (Å²) in [6.45, 7) is 4.39. The Morgan fingerprint density at radius 3 is 2.29 bits per heavy atom. The first-order valence-corrected chi connectivity index (χ1v) is 10.3. The summed E-state index contributed by atoms with van der Waals surface area (Å²) in [4.78, 5) is 30.7. The highest BCUT2D eigenvalue weighted by Crippen LogP contribution is 2.20. The molecule has 0 radical (unpaired) electrons. The van der Waals surface area contributed by atoms with E-state index in [1.54, 1.807) is 48.5 Å². The monoisotopic (exact) mass is 418 g/mol. The molecule has 160 valence electrons. The second-order valence-corrected chi connectivity index (χ2v) is 6.89. The lowest BCUT2D eigenvalue weighted by atomic mass is 10.1. The van der Waals surface area contributed by atoms with Crippen molar-refractivity contribution in [2.75, 3.05) is 18.1 Å². The molecule has 3 rings (SSSR count). The summed E-state index contributed by atoms with van der Waals surface area (Å²) in [6.07, 6.45) is 4.35. The molecule has 1 heterocycles. The number of carbonyl (C=O) groups excluding carboxylic acids is 2. The lowest BCUT2D eigenvalue weighted by Crippen LogP contribution is -2.34. The third-order valence-corrected chi connectivity index (χ3v) is 4.75. The van der Waals surface area contributed by atoms with Crippen molar-refractivity contribution in [3.8, 4) is 5.75 Å². The number of pyridine rings is 1. The summed E-state index contributed by atoms with van der Waals surface area (Å²) in [7, 11) is 0. The average molecular weight is 418 g/mol. The van der Waals surface area contributed by atoms with E-state index in [0.717, 1.165) is 12.0 Å². The van der Waals surface area contributed by atoms with Gasteiger partial charge in [-0.05, 0) is 66.9 Å². The van der Waals surface area contributed by atoms with Crippen molar-refractivity contribution in [2.24, 2.45) is 0 Å². The minimum Gasteiger partial charge on any atom is -0.484 e. The molecule has 0 unspecified atom stereocenters. The van der Waals surface area contributed by atoms with Gasteiger partial charge in [-0.2, -0.15) is 0 Å². The highest BCUT2D eigenvalue weighted by atomic mass is 16.5. The molecule has 0 saturated heterocycles. The van der Waals surface area contributed by atoms with Gasteiger partial charge in [0.25, 0.3) is 5.91 Å². The first-order valence-electron chi connectivity index (χ1n) is 10.3. The number of ether oxygens (including phenoxy) is 2. The second kappa shape index (κ2) is 10.9. The third-order valence-electron chi connectivity index (χ3n) is 4.75. The first kappa shape index (κ1) is 22.0. The standard InChI is InChI=1S/C25H26N2O4/c1-3-19-7-13-23(14-8-19)31-18-24(28)27(17-20-6-5-15-26-16-20)22-11-9-21(10-12-22)25(29)30-4-2/h5-16H,3-4,17-18H2,1-2H3. The molecule has 2 aromatic carbocycles. The number of hydrogen-bond donors (Lipinski definition) is 0. The van der Waals surface area contributed by atoms with Gasteiger partial charge in [0.2, 0.25) is 0 Å². The lowest BCUT2D eigenvalue weighted by Gasteiger charge is -2.23. The number of aromatic nitrogens is 1. The van der Waals surface area contributed by atoms with E-state index in [1.165, 1.54) is 5.56 Å². The largest absolute Gasteiger partial charge is 0.484 e. The summed E-state index contributed by atoms with van der Waals surface area (Å²) in [6, 6.07) is 18.2. The van der Waals surface area contributed by atoms with Gasteiger partial charge in [-0.25, -0.2) is 4.79 Å². The molecule has 6 nitrogen and oxygen atoms in total. The van der Waals surface area contributed by atoms with Gasteiger partial charge in [0.1, 0.15) is 5.75 Å². The van der Waals surface area contributed by atoms with Crippen LogP contribution in [0.4, 0.5) is 5.69 Å². The van der Waals surface area contributed by atoms with Crippen LogP contribution in [-0.4, -0.2) is 30.1 Å². The Morgan fingerprint density at radius 2 is 1.68 bits per heavy atom. The number of benzene rings is 2. The van der Waals surface area contributed by atoms with Gasteiger partial charge in [0.05, 0.1) is 18.7 Å². The van der Waals surface area contributed by atoms with Crippen LogP contribution in [0.2, 0.25) is 0 Å². The van der Waals surface area contributed by atoms with E-state index in [-0.39, 0.29) is 12.5 Å². The fourth-order valence-electron chi connectivity index (χ4n) is 3.03. The SMILES string of the molecule is CCOC(=O)c1ccc(N(Cc2cccnc2)C(=O)COc2ccc(CC)cc2)cc1. The van der Waals surface area contributed by atoms with Crippen LogP contribution in [0, 0.1) is 0 Å². The van der Waals surface area contributed by atoms with Gasteiger partial charge < -0.3 is 14.4 Å². The number of esters is 1. The topological polar surface area (TPSA) is 68.7 Å². The van der Waals surface area contributed by atoms with Crippen molar-refractivity contribution >= 4 is 17.6 Å². The summed E-state index contributed by atoms with van der Waals surface area (Å²) in [5, 5.41) is 0. The van der Waals surface area contributed by atoms with E-state index >= 15 is 0 Å². The second-order valence-electron chi connectivity index (χ2n) is 6.89. The molecule has 3 aromatic rings. The van der Waals surface area contributed by atoms with Crippen molar-refractivity contribution in [1.29, 1.82) is 0 Å². The Bertz CT molecular complexity index is 986. The third kappa shape index (κ3) is 6.15. The van der Waals surface area contributed by atoms with Crippen LogP contribution < -0.4 is 9.64 Å². The van der Waals surface area contributed by atoms with Crippen molar-refractivity contribution in [3.63, 3.8) is 0 Å². The molecule has 0 aliphatic heterocycles. The Labute approximate surface area is 182 Å². The molecule has 31 heavy (non-hydrogen) atoms. The first-order chi connectivity index (χ1) is 15.1. The van der Waals surface area contributed by atoms with Crippen molar-refractivity contribution < 1.29 is 19.1 Å². The van der Waals surface area contributed by atoms with E-state index < -0.39 is 5.97 Å². The number of aryl methyl sites for hydroxylation is 1. The molecule has 0 fully saturated rings. The van der Waals surface area contributed by atoms with Crippen molar-refractivity contribution in [3.05, 3.63) is 89.7 Å². The van der Waals surface area contributed by atoms with Crippen LogP contribution >= 0.6 is 0 Å². The molecule has 0 N–H and O–H groups in total. The lowest BCUT2D eigenvalue weighted by molar-refractivity contribution is -0.120. The maximum atomic E-state index is 13.1. The number of anilines is 1. The predicted octanol–water partition coefficient (Wildman–Crippen LogP) is 4.43. The summed E-state index contributed by atoms with van der Waals surface area (Å²) < 4.78 is 10.7. The van der Waals surface area contributed by atoms with Crippen LogP contribution in [0.1, 0.15) is 35.3 Å². The summed E-state index contributed by atoms with van der Waals surface area (Å²) in [5.41, 5.74) is 3.19. The van der Waals surface area contributed by atoms with Crippen LogP contribution in [0.5, 0.6) is 5.75 Å². The van der Waals surface area contributed by atoms with Gasteiger partial charge in [-0.3, -0.25) is 9.78 Å². The molecule has 0 bridgehead atoms. The average Bonchev–Trinajstić information content (AvgIpc) is 2.82. The fraction of sp³-hybridized carbons (Fsp3) is 0.240. The molecule has 0 aliphatic rings. The molecule has 0 aliphatic carbocycles. The highest BCUT2D eigenvalue weighted by Gasteiger charge is 2.18. The van der Waals surface area contributed by atoms with E-state index in [0.29, 0.717) is 30.2 Å². The molecule has 0 saturated carbocycles. The predicted molar refractivity (Wildman–Crippen MR) is 119 cm³/mol. The molecule has 1 amide bonds. The maximum Gasteiger partial charge on any atom is 0.338 e. The van der Waals surface area contributed by atoms with E-state index in [1.807, 2.05) is 36.4 Å². The fourth-order valence-corrected chi connectivity index (χ4v) is 3.03. The maximum absolute atomic E-state index is 13.1. The Morgan fingerprint density at radius 1 is 0.935 bits per heavy atom. The number of hydrogen-bond acceptors (Lipinski definition) is 5. The van der Waals surface area contributed by atoms with Crippen molar-refractivity contribution in [1.82, 2.24) is 4.98 Å². The molecule has 0 spiro atoms. The van der Waals surface area contributed by atoms with Gasteiger partial charge in [0, 0.05) is 18.1 Å². The quantitative estimate of drug-likeness (QED) is 0.481. The number of nitrogens with zero attached hydrogens (tertiary/aromatic N) is 2. The van der Waals surface area contributed by atoms with E-state index in [4.69, 9.17) is 9.47 Å². The Kier molecular flexibility index (Phi) is 7.76. The normalized spacial score (nSPS) is 10.4. The highest BCUT2D eigenvalue weighted by molar-refractivity contribution is 5.95. The molecular weight excluding hydrogens is 392 g/mol. The Hall–Kier alpha value is -3.67. The minimum atomic E-state index is -0.391. The smallest absolute Gasteiger partial charge is 0.338 e. The zero-order valence-electron chi connectivity index (χ0n) is 17.8. The molecule has 1 aromatic heterocycles. The van der Waals surface area contributed by atoms with Gasteiger partial charge in [0.15, 0.2) is 6.61 Å². The van der Waals surface area contributed by atoms with Crippen molar-refractivity contribution in [2.45, 2.75) is 26.8 Å². The van der Waals surface area contributed by atoms with Crippen LogP contribution in [0.15, 0.2) is 73.1 Å². The molecule has 6 heteroatoms. The van der Waals surface area contributed by atoms with Crippen LogP contribution in [0.25, 0.3) is 0 Å². The number of carbonyl (C=O) groups is 2. The molecular formula is C25H26N2O4. The number of amides is 1. The number of rotatable bonds is 9. The zero-order chi connectivity index (χ0) is 22.1. The zero-order valence-corrected chi connectivity index (χ0v) is 17.8. The van der Waals surface area contributed by atoms with Crippen LogP contribution in [-0.2, 0) is 22.5 Å². The Balaban J connectivity index is 1.76. The van der Waals surface area contributed by atoms with Crippen LogP contribution in [0.3, 0.4) is 0 Å². The van der Waals surface area contributed by atoms with Gasteiger partial charge >= 0.3 is 5.97 Å². The van der Waals surface area contributed by atoms with E-state index in [9.17, 15) is 9.59 Å². The summed E-state index contributed by atoms with van der Waals surface area (Å²) >= 11 is 0.